The zero-order valence-electron chi connectivity index (χ0n) is 9.41. The first-order valence-electron chi connectivity index (χ1n) is 5.61. The second-order valence-corrected chi connectivity index (χ2v) is 4.06. The van der Waals surface area contributed by atoms with Gasteiger partial charge in [0.1, 0.15) is 5.82 Å². The highest BCUT2D eigenvalue weighted by Gasteiger charge is 2.18. The van der Waals surface area contributed by atoms with E-state index in [-0.39, 0.29) is 11.6 Å². The minimum absolute atomic E-state index is 0.0704. The van der Waals surface area contributed by atoms with Gasteiger partial charge < -0.3 is 15.8 Å². The van der Waals surface area contributed by atoms with Crippen LogP contribution < -0.4 is 11.1 Å². The predicted octanol–water partition coefficient (Wildman–Crippen LogP) is 1.52. The number of nitrogens with two attached hydrogens (primary N) is 1. The van der Waals surface area contributed by atoms with Gasteiger partial charge in [0.2, 0.25) is 0 Å². The number of ether oxygens (including phenoxy) is 1. The van der Waals surface area contributed by atoms with Gasteiger partial charge in [-0.1, -0.05) is 6.07 Å². The fourth-order valence-electron chi connectivity index (χ4n) is 1.96. The van der Waals surface area contributed by atoms with Crippen molar-refractivity contribution in [3.63, 3.8) is 0 Å². The van der Waals surface area contributed by atoms with Gasteiger partial charge in [0, 0.05) is 19.3 Å². The maximum atomic E-state index is 13.5. The Kier molecular flexibility index (Phi) is 3.58. The fraction of sp³-hybridized carbons (Fsp3) is 0.417. The van der Waals surface area contributed by atoms with Crippen molar-refractivity contribution in [2.24, 2.45) is 5.73 Å². The molecule has 1 aromatic rings. The van der Waals surface area contributed by atoms with E-state index >= 15 is 0 Å². The highest BCUT2D eigenvalue weighted by atomic mass is 19.1. The minimum Gasteiger partial charge on any atom is -0.381 e. The summed E-state index contributed by atoms with van der Waals surface area (Å²) in [7, 11) is 0. The molecule has 5 heteroatoms. The topological polar surface area (TPSA) is 64.4 Å². The number of benzene rings is 1. The molecular weight excluding hydrogens is 223 g/mol. The van der Waals surface area contributed by atoms with Crippen LogP contribution in [0.25, 0.3) is 0 Å². The summed E-state index contributed by atoms with van der Waals surface area (Å²) in [6, 6.07) is 4.65. The summed E-state index contributed by atoms with van der Waals surface area (Å²) in [6.07, 6.45) is 1.68. The number of anilines is 1. The first-order valence-corrected chi connectivity index (χ1v) is 5.61. The number of halogens is 1. The fourth-order valence-corrected chi connectivity index (χ4v) is 1.96. The van der Waals surface area contributed by atoms with E-state index < -0.39 is 11.7 Å². The van der Waals surface area contributed by atoms with Crippen molar-refractivity contribution in [3.8, 4) is 0 Å². The first-order chi connectivity index (χ1) is 8.18. The van der Waals surface area contributed by atoms with Gasteiger partial charge in [-0.05, 0) is 25.0 Å². The van der Waals surface area contributed by atoms with Crippen molar-refractivity contribution in [1.29, 1.82) is 0 Å². The van der Waals surface area contributed by atoms with Crippen molar-refractivity contribution in [2.75, 3.05) is 18.5 Å². The Hall–Kier alpha value is -1.62. The third-order valence-corrected chi connectivity index (χ3v) is 2.84. The molecule has 1 saturated heterocycles. The van der Waals surface area contributed by atoms with Crippen LogP contribution in [-0.4, -0.2) is 25.2 Å². The molecule has 0 aliphatic carbocycles. The van der Waals surface area contributed by atoms with Crippen molar-refractivity contribution in [1.82, 2.24) is 0 Å². The average molecular weight is 238 g/mol. The normalized spacial score (nSPS) is 16.8. The zero-order valence-corrected chi connectivity index (χ0v) is 9.41. The Morgan fingerprint density at radius 2 is 2.12 bits per heavy atom. The van der Waals surface area contributed by atoms with Gasteiger partial charge in [0.15, 0.2) is 0 Å². The number of primary amides is 1. The summed E-state index contributed by atoms with van der Waals surface area (Å²) in [5.74, 6) is -1.34. The number of hydrogen-bond donors (Lipinski definition) is 2. The largest absolute Gasteiger partial charge is 0.381 e. The molecule has 17 heavy (non-hydrogen) atoms. The lowest BCUT2D eigenvalue weighted by Gasteiger charge is -2.25. The third kappa shape index (κ3) is 2.74. The van der Waals surface area contributed by atoms with E-state index in [1.807, 2.05) is 0 Å². The number of hydrogen-bond acceptors (Lipinski definition) is 3. The number of rotatable bonds is 3. The lowest BCUT2D eigenvalue weighted by Crippen LogP contribution is -2.29. The van der Waals surface area contributed by atoms with Crippen LogP contribution in [0, 0.1) is 5.82 Å². The van der Waals surface area contributed by atoms with E-state index in [1.165, 1.54) is 6.07 Å². The van der Waals surface area contributed by atoms with Gasteiger partial charge >= 0.3 is 0 Å². The van der Waals surface area contributed by atoms with Crippen LogP contribution in [0.3, 0.4) is 0 Å². The summed E-state index contributed by atoms with van der Waals surface area (Å²) >= 11 is 0. The molecule has 0 atom stereocenters. The molecule has 1 aliphatic heterocycles. The van der Waals surface area contributed by atoms with Crippen LogP contribution >= 0.6 is 0 Å². The summed E-state index contributed by atoms with van der Waals surface area (Å²) in [5.41, 5.74) is 5.57. The second-order valence-electron chi connectivity index (χ2n) is 4.06. The van der Waals surface area contributed by atoms with Gasteiger partial charge in [-0.25, -0.2) is 4.39 Å². The van der Waals surface area contributed by atoms with E-state index in [4.69, 9.17) is 10.5 Å². The molecule has 3 N–H and O–H groups in total. The summed E-state index contributed by atoms with van der Waals surface area (Å²) < 4.78 is 18.7. The van der Waals surface area contributed by atoms with Crippen LogP contribution in [0.1, 0.15) is 23.2 Å². The van der Waals surface area contributed by atoms with Crippen molar-refractivity contribution in [3.05, 3.63) is 29.6 Å². The molecule has 92 valence electrons. The SMILES string of the molecule is NC(=O)c1c(F)cccc1NC1CCOCC1. The lowest BCUT2D eigenvalue weighted by atomic mass is 10.1. The third-order valence-electron chi connectivity index (χ3n) is 2.84. The summed E-state index contributed by atoms with van der Waals surface area (Å²) in [4.78, 5) is 11.2. The Morgan fingerprint density at radius 1 is 1.41 bits per heavy atom. The Bertz CT molecular complexity index is 417. The van der Waals surface area contributed by atoms with Crippen LogP contribution in [0.5, 0.6) is 0 Å². The van der Waals surface area contributed by atoms with Crippen LogP contribution in [0.2, 0.25) is 0 Å². The highest BCUT2D eigenvalue weighted by molar-refractivity contribution is 5.98. The van der Waals surface area contributed by atoms with Crippen molar-refractivity contribution >= 4 is 11.6 Å². The average Bonchev–Trinajstić information content (AvgIpc) is 2.30. The molecule has 1 heterocycles. The van der Waals surface area contributed by atoms with E-state index in [0.29, 0.717) is 18.9 Å². The molecule has 1 amide bonds. The zero-order chi connectivity index (χ0) is 12.3. The Balaban J connectivity index is 2.19. The van der Waals surface area contributed by atoms with Crippen LogP contribution in [0.4, 0.5) is 10.1 Å². The molecule has 1 aromatic carbocycles. The molecule has 0 bridgehead atoms. The molecule has 1 aliphatic rings. The predicted molar refractivity (Wildman–Crippen MR) is 62.4 cm³/mol. The van der Waals surface area contributed by atoms with Crippen LogP contribution in [0.15, 0.2) is 18.2 Å². The maximum absolute atomic E-state index is 13.5. The summed E-state index contributed by atoms with van der Waals surface area (Å²) in [6.45, 7) is 1.36. The molecule has 1 fully saturated rings. The number of carbonyl (C=O) groups is 1. The van der Waals surface area contributed by atoms with Crippen molar-refractivity contribution in [2.45, 2.75) is 18.9 Å². The van der Waals surface area contributed by atoms with Gasteiger partial charge in [-0.3, -0.25) is 4.79 Å². The standard InChI is InChI=1S/C12H15FN2O2/c13-9-2-1-3-10(11(9)12(14)16)15-8-4-6-17-7-5-8/h1-3,8,15H,4-7H2,(H2,14,16). The lowest BCUT2D eigenvalue weighted by molar-refractivity contribution is 0.0904. The van der Waals surface area contributed by atoms with Gasteiger partial charge in [-0.15, -0.1) is 0 Å². The monoisotopic (exact) mass is 238 g/mol. The van der Waals surface area contributed by atoms with Crippen molar-refractivity contribution < 1.29 is 13.9 Å². The molecule has 0 saturated carbocycles. The van der Waals surface area contributed by atoms with E-state index in [0.717, 1.165) is 12.8 Å². The van der Waals surface area contributed by atoms with E-state index in [1.54, 1.807) is 12.1 Å². The summed E-state index contributed by atoms with van der Waals surface area (Å²) in [5, 5.41) is 3.15. The molecule has 4 nitrogen and oxygen atoms in total. The van der Waals surface area contributed by atoms with Gasteiger partial charge in [0.05, 0.1) is 11.3 Å². The Labute approximate surface area is 98.9 Å². The first kappa shape index (κ1) is 11.9. The smallest absolute Gasteiger partial charge is 0.253 e. The molecule has 0 radical (unpaired) electrons. The quantitative estimate of drug-likeness (QED) is 0.839. The van der Waals surface area contributed by atoms with E-state index in [2.05, 4.69) is 5.32 Å². The molecule has 0 aromatic heterocycles. The van der Waals surface area contributed by atoms with Gasteiger partial charge in [0.25, 0.3) is 5.91 Å². The van der Waals surface area contributed by atoms with Crippen LogP contribution in [-0.2, 0) is 4.74 Å². The van der Waals surface area contributed by atoms with Gasteiger partial charge in [-0.2, -0.15) is 0 Å². The second kappa shape index (κ2) is 5.14. The molecular formula is C12H15FN2O2. The molecule has 2 rings (SSSR count). The van der Waals surface area contributed by atoms with E-state index in [9.17, 15) is 9.18 Å². The minimum atomic E-state index is -0.752. The highest BCUT2D eigenvalue weighted by Crippen LogP contribution is 2.21. The number of amides is 1. The Morgan fingerprint density at radius 3 is 2.76 bits per heavy atom. The number of carbonyl (C=O) groups excluding carboxylic acids is 1. The number of nitrogens with one attached hydrogen (secondary N) is 1. The molecule has 0 spiro atoms. The molecule has 0 unspecified atom stereocenters. The maximum Gasteiger partial charge on any atom is 0.253 e.